The smallest absolute Gasteiger partial charge is 0.256 e. The van der Waals surface area contributed by atoms with E-state index >= 15 is 0 Å². The number of pyridine rings is 1. The Hall–Kier alpha value is -3.99. The van der Waals surface area contributed by atoms with Gasteiger partial charge in [0.15, 0.2) is 5.67 Å². The van der Waals surface area contributed by atoms with Gasteiger partial charge >= 0.3 is 0 Å². The van der Waals surface area contributed by atoms with Crippen molar-refractivity contribution in [3.8, 4) is 0 Å². The van der Waals surface area contributed by atoms with Crippen molar-refractivity contribution >= 4 is 29.0 Å². The van der Waals surface area contributed by atoms with Crippen LogP contribution in [-0.4, -0.2) is 39.9 Å². The van der Waals surface area contributed by atoms with Gasteiger partial charge in [0, 0.05) is 36.9 Å². The van der Waals surface area contributed by atoms with Crippen LogP contribution in [0.4, 0.5) is 36.3 Å². The Kier molecular flexibility index (Phi) is 6.55. The van der Waals surface area contributed by atoms with Gasteiger partial charge in [0.05, 0.1) is 18.5 Å². The first-order valence-electron chi connectivity index (χ1n) is 11.9. The predicted octanol–water partition coefficient (Wildman–Crippen LogP) is 4.51. The van der Waals surface area contributed by atoms with Gasteiger partial charge in [0.2, 0.25) is 5.95 Å². The van der Waals surface area contributed by atoms with Crippen molar-refractivity contribution in [2.75, 3.05) is 23.7 Å². The highest BCUT2D eigenvalue weighted by Gasteiger charge is 2.59. The molecule has 11 heteroatoms. The second-order valence-electron chi connectivity index (χ2n) is 9.22. The average Bonchev–Trinajstić information content (AvgIpc) is 2.86. The maximum absolute atomic E-state index is 14.9. The van der Waals surface area contributed by atoms with Crippen LogP contribution in [-0.2, 0) is 18.6 Å². The number of fused-ring (bicyclic) bond motifs is 1. The number of rotatable bonds is 8. The Morgan fingerprint density at radius 3 is 2.68 bits per heavy atom. The molecule has 2 aliphatic rings. The van der Waals surface area contributed by atoms with Crippen LogP contribution in [0.1, 0.15) is 40.0 Å². The quantitative estimate of drug-likeness (QED) is 0.331. The van der Waals surface area contributed by atoms with Gasteiger partial charge in [-0.05, 0) is 48.4 Å². The van der Waals surface area contributed by atoms with Crippen molar-refractivity contribution in [2.24, 2.45) is 0 Å². The SMILES string of the molecule is C=CCNC(=O)c1cnc(Nc2ccc3c(c2)CNCC3)nc1Nc1ccnc(C2(F)CC(F)(F)C2)c1. The first-order valence-corrected chi connectivity index (χ1v) is 11.9. The van der Waals surface area contributed by atoms with Crippen LogP contribution in [0.2, 0.25) is 0 Å². The summed E-state index contributed by atoms with van der Waals surface area (Å²) in [5, 5.41) is 12.2. The fourth-order valence-electron chi connectivity index (χ4n) is 4.49. The molecule has 1 fully saturated rings. The molecule has 0 spiro atoms. The highest BCUT2D eigenvalue weighted by Crippen LogP contribution is 2.54. The molecule has 8 nitrogen and oxygen atoms in total. The van der Waals surface area contributed by atoms with Gasteiger partial charge in [-0.2, -0.15) is 4.98 Å². The minimum Gasteiger partial charge on any atom is -0.348 e. The first-order chi connectivity index (χ1) is 17.7. The molecule has 0 atom stereocenters. The highest BCUT2D eigenvalue weighted by molar-refractivity contribution is 5.99. The van der Waals surface area contributed by atoms with Crippen LogP contribution >= 0.6 is 0 Å². The molecule has 0 radical (unpaired) electrons. The summed E-state index contributed by atoms with van der Waals surface area (Å²) in [7, 11) is 0. The summed E-state index contributed by atoms with van der Waals surface area (Å²) < 4.78 is 41.7. The van der Waals surface area contributed by atoms with E-state index in [-0.39, 0.29) is 29.6 Å². The lowest BCUT2D eigenvalue weighted by Crippen LogP contribution is -2.46. The van der Waals surface area contributed by atoms with Gasteiger partial charge in [0.1, 0.15) is 11.4 Å². The molecular weight excluding hydrogens is 483 g/mol. The third-order valence-electron chi connectivity index (χ3n) is 6.35. The predicted molar refractivity (Wildman–Crippen MR) is 134 cm³/mol. The summed E-state index contributed by atoms with van der Waals surface area (Å²) in [6.07, 6.45) is 3.38. The van der Waals surface area contributed by atoms with E-state index in [1.165, 1.54) is 35.7 Å². The number of nitrogens with one attached hydrogen (secondary N) is 4. The number of aromatic nitrogens is 3. The second kappa shape index (κ2) is 9.81. The molecule has 3 aromatic rings. The highest BCUT2D eigenvalue weighted by atomic mass is 19.3. The van der Waals surface area contributed by atoms with Crippen molar-refractivity contribution in [1.82, 2.24) is 25.6 Å². The lowest BCUT2D eigenvalue weighted by molar-refractivity contribution is -0.176. The molecule has 1 aliphatic heterocycles. The fraction of sp³-hybridized carbons (Fsp3) is 0.308. The Morgan fingerprint density at radius 1 is 1.08 bits per heavy atom. The molecule has 0 unspecified atom stereocenters. The molecule has 0 bridgehead atoms. The van der Waals surface area contributed by atoms with E-state index in [2.05, 4.69) is 48.9 Å². The maximum atomic E-state index is 14.9. The number of halogens is 3. The van der Waals surface area contributed by atoms with Crippen LogP contribution in [0, 0.1) is 0 Å². The summed E-state index contributed by atoms with van der Waals surface area (Å²) in [5.41, 5.74) is 1.44. The van der Waals surface area contributed by atoms with E-state index in [0.29, 0.717) is 5.69 Å². The molecule has 0 saturated heterocycles. The van der Waals surface area contributed by atoms with E-state index in [0.717, 1.165) is 25.2 Å². The maximum Gasteiger partial charge on any atom is 0.256 e. The topological polar surface area (TPSA) is 104 Å². The summed E-state index contributed by atoms with van der Waals surface area (Å²) >= 11 is 0. The number of amides is 1. The van der Waals surface area contributed by atoms with Crippen molar-refractivity contribution in [3.63, 3.8) is 0 Å². The molecule has 1 saturated carbocycles. The number of benzene rings is 1. The van der Waals surface area contributed by atoms with Gasteiger partial charge in [0.25, 0.3) is 11.8 Å². The van der Waals surface area contributed by atoms with Crippen LogP contribution in [0.5, 0.6) is 0 Å². The average molecular weight is 510 g/mol. The minimum absolute atomic E-state index is 0.101. The van der Waals surface area contributed by atoms with Gasteiger partial charge < -0.3 is 21.3 Å². The number of alkyl halides is 3. The normalized spacial score (nSPS) is 17.2. The van der Waals surface area contributed by atoms with Crippen LogP contribution in [0.3, 0.4) is 0 Å². The van der Waals surface area contributed by atoms with E-state index in [9.17, 15) is 18.0 Å². The third-order valence-corrected chi connectivity index (χ3v) is 6.35. The van der Waals surface area contributed by atoms with Crippen LogP contribution in [0.25, 0.3) is 0 Å². The third kappa shape index (κ3) is 5.41. The van der Waals surface area contributed by atoms with Crippen molar-refractivity contribution in [1.29, 1.82) is 0 Å². The second-order valence-corrected chi connectivity index (χ2v) is 9.22. The molecule has 4 N–H and O–H groups in total. The van der Waals surface area contributed by atoms with Gasteiger partial charge in [-0.3, -0.25) is 9.78 Å². The van der Waals surface area contributed by atoms with Crippen molar-refractivity contribution in [3.05, 3.63) is 77.8 Å². The molecule has 192 valence electrons. The molecule has 1 aliphatic carbocycles. The Labute approximate surface area is 211 Å². The van der Waals surface area contributed by atoms with E-state index in [4.69, 9.17) is 0 Å². The molecule has 2 aromatic heterocycles. The Bertz CT molecular complexity index is 1340. The van der Waals surface area contributed by atoms with Crippen molar-refractivity contribution in [2.45, 2.75) is 37.4 Å². The molecule has 5 rings (SSSR count). The van der Waals surface area contributed by atoms with Gasteiger partial charge in [-0.15, -0.1) is 6.58 Å². The minimum atomic E-state index is -3.05. The zero-order chi connectivity index (χ0) is 26.0. The van der Waals surface area contributed by atoms with E-state index in [1.807, 2.05) is 12.1 Å². The zero-order valence-electron chi connectivity index (χ0n) is 20.0. The summed E-state index contributed by atoms with van der Waals surface area (Å²) in [5.74, 6) is -3.09. The lowest BCUT2D eigenvalue weighted by atomic mass is 9.76. The number of carbonyl (C=O) groups excluding carboxylic acids is 1. The molecule has 1 aromatic carbocycles. The number of carbonyl (C=O) groups is 1. The van der Waals surface area contributed by atoms with Gasteiger partial charge in [-0.25, -0.2) is 18.2 Å². The summed E-state index contributed by atoms with van der Waals surface area (Å²) in [6.45, 7) is 5.54. The molecular formula is C26H26F3N7O. The van der Waals surface area contributed by atoms with E-state index in [1.54, 1.807) is 6.07 Å². The van der Waals surface area contributed by atoms with E-state index < -0.39 is 30.3 Å². The molecule has 3 heterocycles. The monoisotopic (exact) mass is 509 g/mol. The number of anilines is 4. The van der Waals surface area contributed by atoms with Gasteiger partial charge in [-0.1, -0.05) is 12.1 Å². The molecule has 1 amide bonds. The largest absolute Gasteiger partial charge is 0.348 e. The lowest BCUT2D eigenvalue weighted by Gasteiger charge is -2.40. The number of nitrogens with zero attached hydrogens (tertiary/aromatic N) is 3. The zero-order valence-corrected chi connectivity index (χ0v) is 20.0. The van der Waals surface area contributed by atoms with Crippen molar-refractivity contribution < 1.29 is 18.0 Å². The summed E-state index contributed by atoms with van der Waals surface area (Å²) in [4.78, 5) is 25.5. The number of hydrogen-bond acceptors (Lipinski definition) is 7. The standard InChI is InChI=1S/C26H26F3N7O/c1-2-7-32-23(37)20-13-33-24(35-18-4-3-16-5-8-30-12-17(16)10-18)36-22(20)34-19-6-9-31-21(11-19)25(27)14-26(28,29)15-25/h2-4,6,9-11,13,30H,1,5,7-8,12,14-15H2,(H,32,37)(H2,31,33,34,35,36). The number of hydrogen-bond donors (Lipinski definition) is 4. The summed E-state index contributed by atoms with van der Waals surface area (Å²) in [6, 6.07) is 8.92. The fourth-order valence-corrected chi connectivity index (χ4v) is 4.49. The molecule has 37 heavy (non-hydrogen) atoms. The first kappa shape index (κ1) is 24.7. The van der Waals surface area contributed by atoms with Crippen LogP contribution < -0.4 is 21.3 Å². The Balaban J connectivity index is 1.42. The Morgan fingerprint density at radius 2 is 1.89 bits per heavy atom. The van der Waals surface area contributed by atoms with Crippen LogP contribution in [0.15, 0.2) is 55.4 Å².